The van der Waals surface area contributed by atoms with E-state index in [1.807, 2.05) is 19.3 Å². The lowest BCUT2D eigenvalue weighted by molar-refractivity contribution is -0.116. The van der Waals surface area contributed by atoms with E-state index in [4.69, 9.17) is 0 Å². The highest BCUT2D eigenvalue weighted by Gasteiger charge is 2.15. The van der Waals surface area contributed by atoms with Crippen LogP contribution in [0.3, 0.4) is 0 Å². The summed E-state index contributed by atoms with van der Waals surface area (Å²) in [7, 11) is 1.83. The number of allylic oxidation sites excluding steroid dienone is 1. The smallest absolute Gasteiger partial charge is 0.224 e. The minimum atomic E-state index is -0.0569. The molecule has 0 aliphatic carbocycles. The van der Waals surface area contributed by atoms with Crippen molar-refractivity contribution in [3.63, 3.8) is 0 Å². The third-order valence-electron chi connectivity index (χ3n) is 3.44. The highest BCUT2D eigenvalue weighted by atomic mass is 16.1. The van der Waals surface area contributed by atoms with Crippen LogP contribution in [0.25, 0.3) is 6.08 Å². The fourth-order valence-electron chi connectivity index (χ4n) is 2.33. The molecule has 1 N–H and O–H groups in total. The Balaban J connectivity index is 1.79. The van der Waals surface area contributed by atoms with Crippen LogP contribution in [0.1, 0.15) is 27.9 Å². The van der Waals surface area contributed by atoms with Crippen molar-refractivity contribution in [1.82, 2.24) is 9.78 Å². The second-order valence-corrected chi connectivity index (χ2v) is 5.07. The van der Waals surface area contributed by atoms with Gasteiger partial charge in [0.2, 0.25) is 5.91 Å². The molecular weight excluding hydrogens is 266 g/mol. The van der Waals surface area contributed by atoms with Gasteiger partial charge in [-0.3, -0.25) is 14.3 Å². The van der Waals surface area contributed by atoms with Crippen LogP contribution < -0.4 is 5.32 Å². The SMILES string of the molecule is Cn1cc(/C=C\C(=O)c2ccc3c(c2)CCC(=O)N3)cn1. The number of carbonyl (C=O) groups excluding carboxylic acids is 2. The Kier molecular flexibility index (Phi) is 3.39. The van der Waals surface area contributed by atoms with Crippen LogP contribution in [-0.4, -0.2) is 21.5 Å². The standard InChI is InChI=1S/C16H15N3O2/c1-19-10-11(9-17-19)2-6-15(20)13-3-5-14-12(8-13)4-7-16(21)18-14/h2-3,5-6,8-10H,4,7H2,1H3,(H,18,21)/b6-2-. The number of hydrogen-bond acceptors (Lipinski definition) is 3. The summed E-state index contributed by atoms with van der Waals surface area (Å²) in [6.45, 7) is 0. The normalized spacial score (nSPS) is 14.0. The number of anilines is 1. The maximum atomic E-state index is 12.2. The van der Waals surface area contributed by atoms with Crippen molar-refractivity contribution in [1.29, 1.82) is 0 Å². The fraction of sp³-hybridized carbons (Fsp3) is 0.188. The maximum absolute atomic E-state index is 12.2. The summed E-state index contributed by atoms with van der Waals surface area (Å²) >= 11 is 0. The summed E-state index contributed by atoms with van der Waals surface area (Å²) in [6, 6.07) is 5.38. The van der Waals surface area contributed by atoms with Crippen molar-refractivity contribution in [3.8, 4) is 0 Å². The monoisotopic (exact) mass is 281 g/mol. The molecule has 0 atom stereocenters. The van der Waals surface area contributed by atoms with Gasteiger partial charge < -0.3 is 5.32 Å². The summed E-state index contributed by atoms with van der Waals surface area (Å²) in [5.74, 6) is -0.0309. The predicted molar refractivity (Wildman–Crippen MR) is 80.0 cm³/mol. The van der Waals surface area contributed by atoms with Gasteiger partial charge in [0.1, 0.15) is 0 Å². The van der Waals surface area contributed by atoms with Crippen LogP contribution >= 0.6 is 0 Å². The van der Waals surface area contributed by atoms with Gasteiger partial charge in [-0.05, 0) is 42.3 Å². The number of aromatic nitrogens is 2. The number of nitrogens with one attached hydrogen (secondary N) is 1. The number of aryl methyl sites for hydroxylation is 2. The number of amides is 1. The first kappa shape index (κ1) is 13.3. The zero-order valence-corrected chi connectivity index (χ0v) is 11.7. The molecule has 106 valence electrons. The lowest BCUT2D eigenvalue weighted by Gasteiger charge is -2.16. The molecule has 0 saturated carbocycles. The Bertz CT molecular complexity index is 744. The highest BCUT2D eigenvalue weighted by Crippen LogP contribution is 2.23. The molecule has 5 heteroatoms. The van der Waals surface area contributed by atoms with Crippen molar-refractivity contribution >= 4 is 23.5 Å². The van der Waals surface area contributed by atoms with E-state index in [0.717, 1.165) is 16.8 Å². The molecule has 1 aliphatic heterocycles. The fourth-order valence-corrected chi connectivity index (χ4v) is 2.33. The van der Waals surface area contributed by atoms with Gasteiger partial charge in [0, 0.05) is 36.5 Å². The molecule has 0 unspecified atom stereocenters. The zero-order chi connectivity index (χ0) is 14.8. The molecule has 0 fully saturated rings. The number of carbonyl (C=O) groups is 2. The van der Waals surface area contributed by atoms with Crippen LogP contribution in [0.15, 0.2) is 36.7 Å². The Morgan fingerprint density at radius 2 is 2.24 bits per heavy atom. The summed E-state index contributed by atoms with van der Waals surface area (Å²) < 4.78 is 1.69. The number of ketones is 1. The molecule has 0 bridgehead atoms. The molecular formula is C16H15N3O2. The third-order valence-corrected chi connectivity index (χ3v) is 3.44. The topological polar surface area (TPSA) is 64.0 Å². The Morgan fingerprint density at radius 3 is 3.00 bits per heavy atom. The molecule has 1 aromatic carbocycles. The number of benzene rings is 1. The molecule has 0 radical (unpaired) electrons. The largest absolute Gasteiger partial charge is 0.326 e. The van der Waals surface area contributed by atoms with Gasteiger partial charge in [-0.2, -0.15) is 5.10 Å². The Hall–Kier alpha value is -2.69. The van der Waals surface area contributed by atoms with E-state index in [0.29, 0.717) is 18.4 Å². The van der Waals surface area contributed by atoms with Gasteiger partial charge in [-0.1, -0.05) is 0 Å². The van der Waals surface area contributed by atoms with E-state index in [1.54, 1.807) is 35.2 Å². The molecule has 21 heavy (non-hydrogen) atoms. The van der Waals surface area contributed by atoms with E-state index >= 15 is 0 Å². The Labute approximate surface area is 122 Å². The third kappa shape index (κ3) is 2.91. The highest BCUT2D eigenvalue weighted by molar-refractivity contribution is 6.07. The van der Waals surface area contributed by atoms with Crippen LogP contribution in [-0.2, 0) is 18.3 Å². The number of nitrogens with zero attached hydrogens (tertiary/aromatic N) is 2. The van der Waals surface area contributed by atoms with E-state index in [9.17, 15) is 9.59 Å². The van der Waals surface area contributed by atoms with Gasteiger partial charge in [0.05, 0.1) is 6.20 Å². The van der Waals surface area contributed by atoms with E-state index in [1.165, 1.54) is 0 Å². The minimum absolute atomic E-state index is 0.0260. The molecule has 0 spiro atoms. The van der Waals surface area contributed by atoms with Crippen molar-refractivity contribution in [2.45, 2.75) is 12.8 Å². The molecule has 1 amide bonds. The van der Waals surface area contributed by atoms with Crippen LogP contribution in [0.4, 0.5) is 5.69 Å². The number of rotatable bonds is 3. The van der Waals surface area contributed by atoms with E-state index < -0.39 is 0 Å². The second-order valence-electron chi connectivity index (χ2n) is 5.07. The quantitative estimate of drug-likeness (QED) is 0.693. The average molecular weight is 281 g/mol. The summed E-state index contributed by atoms with van der Waals surface area (Å²) in [5.41, 5.74) is 3.33. The van der Waals surface area contributed by atoms with Crippen molar-refractivity contribution in [2.24, 2.45) is 7.05 Å². The van der Waals surface area contributed by atoms with Crippen LogP contribution in [0.5, 0.6) is 0 Å². The van der Waals surface area contributed by atoms with Gasteiger partial charge in [-0.15, -0.1) is 0 Å². The van der Waals surface area contributed by atoms with Crippen LogP contribution in [0.2, 0.25) is 0 Å². The molecule has 3 rings (SSSR count). The summed E-state index contributed by atoms with van der Waals surface area (Å²) in [5, 5.41) is 6.85. The molecule has 1 aromatic heterocycles. The summed E-state index contributed by atoms with van der Waals surface area (Å²) in [6.07, 6.45) is 7.97. The molecule has 2 aromatic rings. The van der Waals surface area contributed by atoms with E-state index in [-0.39, 0.29) is 11.7 Å². The van der Waals surface area contributed by atoms with Crippen molar-refractivity contribution in [3.05, 3.63) is 53.4 Å². The van der Waals surface area contributed by atoms with Crippen molar-refractivity contribution in [2.75, 3.05) is 5.32 Å². The van der Waals surface area contributed by atoms with Crippen molar-refractivity contribution < 1.29 is 9.59 Å². The Morgan fingerprint density at radius 1 is 1.38 bits per heavy atom. The lowest BCUT2D eigenvalue weighted by atomic mass is 9.98. The number of fused-ring (bicyclic) bond motifs is 1. The first-order valence-corrected chi connectivity index (χ1v) is 6.76. The summed E-state index contributed by atoms with van der Waals surface area (Å²) in [4.78, 5) is 23.5. The molecule has 1 aliphatic rings. The minimum Gasteiger partial charge on any atom is -0.326 e. The van der Waals surface area contributed by atoms with E-state index in [2.05, 4.69) is 10.4 Å². The van der Waals surface area contributed by atoms with Gasteiger partial charge in [0.25, 0.3) is 0 Å². The number of hydrogen-bond donors (Lipinski definition) is 1. The maximum Gasteiger partial charge on any atom is 0.224 e. The second kappa shape index (κ2) is 5.36. The zero-order valence-electron chi connectivity index (χ0n) is 11.7. The van der Waals surface area contributed by atoms with Crippen LogP contribution in [0, 0.1) is 0 Å². The van der Waals surface area contributed by atoms with Gasteiger partial charge in [-0.25, -0.2) is 0 Å². The molecule has 5 nitrogen and oxygen atoms in total. The van der Waals surface area contributed by atoms with Gasteiger partial charge in [0.15, 0.2) is 5.78 Å². The average Bonchev–Trinajstić information content (AvgIpc) is 2.90. The lowest BCUT2D eigenvalue weighted by Crippen LogP contribution is -2.19. The molecule has 2 heterocycles. The first-order chi connectivity index (χ1) is 10.1. The first-order valence-electron chi connectivity index (χ1n) is 6.76. The van der Waals surface area contributed by atoms with Gasteiger partial charge >= 0.3 is 0 Å². The molecule has 0 saturated heterocycles. The predicted octanol–water partition coefficient (Wildman–Crippen LogP) is 2.20.